The number of piperazine rings is 1. The van der Waals surface area contributed by atoms with Gasteiger partial charge in [0.1, 0.15) is 0 Å². The first kappa shape index (κ1) is 26.6. The van der Waals surface area contributed by atoms with Gasteiger partial charge in [-0.25, -0.2) is 8.42 Å². The molecule has 0 spiro atoms. The second kappa shape index (κ2) is 10.5. The van der Waals surface area contributed by atoms with E-state index in [4.69, 9.17) is 11.6 Å². The molecule has 2 fully saturated rings. The van der Waals surface area contributed by atoms with Crippen LogP contribution in [0.1, 0.15) is 12.8 Å². The van der Waals surface area contributed by atoms with Gasteiger partial charge < -0.3 is 14.9 Å². The second-order valence-corrected chi connectivity index (χ2v) is 11.6. The average molecular weight is 551 g/mol. The smallest absolute Gasteiger partial charge is 0.243 e. The van der Waals surface area contributed by atoms with E-state index >= 15 is 0 Å². The summed E-state index contributed by atoms with van der Waals surface area (Å²) in [5.41, 5.74) is 0.0774. The Bertz CT molecular complexity index is 1350. The van der Waals surface area contributed by atoms with Gasteiger partial charge in [-0.1, -0.05) is 23.7 Å². The fourth-order valence-corrected chi connectivity index (χ4v) is 6.41. The third kappa shape index (κ3) is 5.45. The third-order valence-corrected chi connectivity index (χ3v) is 8.98. The van der Waals surface area contributed by atoms with Crippen LogP contribution in [-0.4, -0.2) is 78.5 Å². The summed E-state index contributed by atoms with van der Waals surface area (Å²) in [6.45, 7) is 1.76. The van der Waals surface area contributed by atoms with Crippen LogP contribution in [0.3, 0.4) is 0 Å². The molecule has 192 valence electrons. The normalized spacial score (nSPS) is 18.8. The van der Waals surface area contributed by atoms with E-state index in [0.29, 0.717) is 31.0 Å². The Labute approximate surface area is 221 Å². The summed E-state index contributed by atoms with van der Waals surface area (Å²) in [6, 6.07) is 14.0. The number of anilines is 1. The van der Waals surface area contributed by atoms with Crippen molar-refractivity contribution in [2.75, 3.05) is 44.2 Å². The number of piperidine rings is 1. The van der Waals surface area contributed by atoms with Gasteiger partial charge in [0.05, 0.1) is 17.0 Å². The maximum atomic E-state index is 13.2. The summed E-state index contributed by atoms with van der Waals surface area (Å²) >= 11 is 6.02. The molecule has 2 saturated heterocycles. The fourth-order valence-electron chi connectivity index (χ4n) is 4.81. The molecule has 0 bridgehead atoms. The zero-order chi connectivity index (χ0) is 24.6. The SMILES string of the molecule is Cl.O=C1CN(S(=O)(=O)c2ccc3cc(Cl)ccc3c2)CCN1CC1(O)CCN(c2ccncc2)CC1. The number of carbonyl (C=O) groups is 1. The van der Waals surface area contributed by atoms with E-state index in [0.717, 1.165) is 16.5 Å². The molecule has 0 radical (unpaired) electrons. The molecule has 5 rings (SSSR count). The van der Waals surface area contributed by atoms with Crippen LogP contribution in [-0.2, 0) is 14.8 Å². The van der Waals surface area contributed by atoms with E-state index in [-0.39, 0.29) is 49.4 Å². The minimum atomic E-state index is -3.83. The number of β-amino-alcohol motifs (C(OH)–C–C–N with tert-alkyl or cyclic N) is 1. The average Bonchev–Trinajstić information content (AvgIpc) is 2.86. The Morgan fingerprint density at radius 3 is 2.31 bits per heavy atom. The highest BCUT2D eigenvalue weighted by Gasteiger charge is 2.39. The first-order chi connectivity index (χ1) is 16.7. The molecule has 36 heavy (non-hydrogen) atoms. The molecular formula is C25H28Cl2N4O4S. The largest absolute Gasteiger partial charge is 0.388 e. The van der Waals surface area contributed by atoms with Crippen molar-refractivity contribution in [2.24, 2.45) is 0 Å². The highest BCUT2D eigenvalue weighted by molar-refractivity contribution is 7.89. The van der Waals surface area contributed by atoms with Crippen molar-refractivity contribution in [1.82, 2.24) is 14.2 Å². The number of pyridine rings is 1. The molecule has 2 aromatic carbocycles. The number of sulfonamides is 1. The van der Waals surface area contributed by atoms with E-state index in [1.54, 1.807) is 53.7 Å². The van der Waals surface area contributed by atoms with Crippen LogP contribution in [0.4, 0.5) is 5.69 Å². The molecule has 11 heteroatoms. The zero-order valence-electron chi connectivity index (χ0n) is 19.6. The van der Waals surface area contributed by atoms with E-state index in [1.165, 1.54) is 4.31 Å². The van der Waals surface area contributed by atoms with E-state index in [1.807, 2.05) is 12.1 Å². The van der Waals surface area contributed by atoms with Crippen molar-refractivity contribution in [3.63, 3.8) is 0 Å². The van der Waals surface area contributed by atoms with Gasteiger partial charge in [0.2, 0.25) is 15.9 Å². The predicted octanol–water partition coefficient (Wildman–Crippen LogP) is 3.17. The van der Waals surface area contributed by atoms with Crippen LogP contribution in [0, 0.1) is 0 Å². The molecule has 1 N–H and O–H groups in total. The van der Waals surface area contributed by atoms with Crippen LogP contribution >= 0.6 is 24.0 Å². The highest BCUT2D eigenvalue weighted by atomic mass is 35.5. The van der Waals surface area contributed by atoms with Crippen molar-refractivity contribution < 1.29 is 18.3 Å². The molecule has 8 nitrogen and oxygen atoms in total. The summed E-state index contributed by atoms with van der Waals surface area (Å²) < 4.78 is 27.7. The minimum Gasteiger partial charge on any atom is -0.388 e. The first-order valence-corrected chi connectivity index (χ1v) is 13.4. The lowest BCUT2D eigenvalue weighted by Gasteiger charge is -2.43. The number of amides is 1. The Balaban J connectivity index is 0.00000304. The van der Waals surface area contributed by atoms with Crippen LogP contribution < -0.4 is 4.90 Å². The summed E-state index contributed by atoms with van der Waals surface area (Å²) in [7, 11) is -3.83. The number of aliphatic hydroxyl groups is 1. The Kier molecular flexibility index (Phi) is 7.78. The number of hydrogen-bond donors (Lipinski definition) is 1. The summed E-state index contributed by atoms with van der Waals surface area (Å²) in [5, 5.41) is 13.4. The van der Waals surface area contributed by atoms with Crippen molar-refractivity contribution in [2.45, 2.75) is 23.3 Å². The van der Waals surface area contributed by atoms with Gasteiger partial charge in [0.15, 0.2) is 0 Å². The number of fused-ring (bicyclic) bond motifs is 1. The van der Waals surface area contributed by atoms with E-state index in [9.17, 15) is 18.3 Å². The maximum absolute atomic E-state index is 13.2. The highest BCUT2D eigenvalue weighted by Crippen LogP contribution is 2.29. The second-order valence-electron chi connectivity index (χ2n) is 9.22. The topological polar surface area (TPSA) is 94.0 Å². The fraction of sp³-hybridized carbons (Fsp3) is 0.360. The lowest BCUT2D eigenvalue weighted by molar-refractivity contribution is -0.138. The molecule has 0 aliphatic carbocycles. The molecule has 2 aliphatic rings. The number of rotatable bonds is 5. The predicted molar refractivity (Wildman–Crippen MR) is 142 cm³/mol. The van der Waals surface area contributed by atoms with Crippen molar-refractivity contribution in [3.05, 3.63) is 65.9 Å². The lowest BCUT2D eigenvalue weighted by atomic mass is 9.90. The van der Waals surface area contributed by atoms with Crippen LogP contribution in [0.5, 0.6) is 0 Å². The van der Waals surface area contributed by atoms with Gasteiger partial charge in [-0.3, -0.25) is 9.78 Å². The standard InChI is InChI=1S/C25H27ClN4O4S.ClH/c26-21-3-1-20-16-23(4-2-19(20)15-21)35(33,34)30-14-13-29(24(31)17-30)18-25(32)7-11-28(12-8-25)22-5-9-27-10-6-22;/h1-6,9-10,15-16,32H,7-8,11-14,17-18H2;1H. The zero-order valence-corrected chi connectivity index (χ0v) is 22.0. The monoisotopic (exact) mass is 550 g/mol. The number of halogens is 2. The summed E-state index contributed by atoms with van der Waals surface area (Å²) in [4.78, 5) is 20.9. The van der Waals surface area contributed by atoms with Gasteiger partial charge in [-0.2, -0.15) is 4.31 Å². The van der Waals surface area contributed by atoms with Crippen LogP contribution in [0.15, 0.2) is 65.8 Å². The summed E-state index contributed by atoms with van der Waals surface area (Å²) in [6.07, 6.45) is 4.55. The van der Waals surface area contributed by atoms with Crippen LogP contribution in [0.25, 0.3) is 10.8 Å². The molecule has 0 atom stereocenters. The molecular weight excluding hydrogens is 523 g/mol. The molecule has 2 aliphatic heterocycles. The van der Waals surface area contributed by atoms with Crippen LogP contribution in [0.2, 0.25) is 5.02 Å². The third-order valence-electron chi connectivity index (χ3n) is 6.90. The minimum absolute atomic E-state index is 0. The molecule has 0 saturated carbocycles. The molecule has 3 heterocycles. The van der Waals surface area contributed by atoms with Crippen molar-refractivity contribution in [1.29, 1.82) is 0 Å². The Morgan fingerprint density at radius 1 is 0.944 bits per heavy atom. The van der Waals surface area contributed by atoms with Gasteiger partial charge in [-0.15, -0.1) is 12.4 Å². The summed E-state index contributed by atoms with van der Waals surface area (Å²) in [5.74, 6) is -0.294. The van der Waals surface area contributed by atoms with Gasteiger partial charge in [-0.05, 0) is 60.0 Å². The Hall–Kier alpha value is -2.43. The molecule has 1 amide bonds. The van der Waals surface area contributed by atoms with Crippen molar-refractivity contribution in [3.8, 4) is 0 Å². The number of nitrogens with zero attached hydrogens (tertiary/aromatic N) is 4. The molecule has 1 aromatic heterocycles. The van der Waals surface area contributed by atoms with Gasteiger partial charge >= 0.3 is 0 Å². The number of aromatic nitrogens is 1. The molecule has 3 aromatic rings. The number of benzene rings is 2. The van der Waals surface area contributed by atoms with Gasteiger partial charge in [0.25, 0.3) is 0 Å². The quantitative estimate of drug-likeness (QED) is 0.524. The first-order valence-electron chi connectivity index (χ1n) is 11.6. The van der Waals surface area contributed by atoms with E-state index < -0.39 is 15.6 Å². The van der Waals surface area contributed by atoms with E-state index in [2.05, 4.69) is 9.88 Å². The number of carbonyl (C=O) groups excluding carboxylic acids is 1. The van der Waals surface area contributed by atoms with Crippen molar-refractivity contribution >= 4 is 56.4 Å². The number of hydrogen-bond acceptors (Lipinski definition) is 6. The Morgan fingerprint density at radius 2 is 1.61 bits per heavy atom. The van der Waals surface area contributed by atoms with Gasteiger partial charge in [0, 0.05) is 55.8 Å². The molecule has 0 unspecified atom stereocenters. The lowest BCUT2D eigenvalue weighted by Crippen LogP contribution is -2.58. The maximum Gasteiger partial charge on any atom is 0.243 e.